The predicted octanol–water partition coefficient (Wildman–Crippen LogP) is -1.27. The van der Waals surface area contributed by atoms with Gasteiger partial charge in [-0.1, -0.05) is 0 Å². The number of carbonyl (C=O) groups is 2. The Bertz CT molecular complexity index is 219. The van der Waals surface area contributed by atoms with Gasteiger partial charge in [-0.2, -0.15) is 0 Å². The number of methoxy groups -OCH3 is 1. The second-order valence-corrected chi connectivity index (χ2v) is 2.84. The highest BCUT2D eigenvalue weighted by molar-refractivity contribution is 6.03. The first-order valence-electron chi connectivity index (χ1n) is 3.95. The van der Waals surface area contributed by atoms with Crippen molar-refractivity contribution in [2.45, 2.75) is 6.17 Å². The van der Waals surface area contributed by atoms with Crippen LogP contribution >= 0.6 is 0 Å². The summed E-state index contributed by atoms with van der Waals surface area (Å²) in [7, 11) is 3.33. The fourth-order valence-electron chi connectivity index (χ4n) is 1.08. The van der Waals surface area contributed by atoms with Crippen LogP contribution in [0.4, 0.5) is 4.79 Å². The summed E-state index contributed by atoms with van der Waals surface area (Å²) in [5.41, 5.74) is 0. The van der Waals surface area contributed by atoms with Crippen molar-refractivity contribution in [1.82, 2.24) is 15.5 Å². The van der Waals surface area contributed by atoms with Gasteiger partial charge in [-0.25, -0.2) is 4.79 Å². The number of imide groups is 1. The lowest BCUT2D eigenvalue weighted by Gasteiger charge is -2.20. The van der Waals surface area contributed by atoms with Crippen LogP contribution in [0.25, 0.3) is 0 Å². The zero-order valence-electron chi connectivity index (χ0n) is 7.66. The number of rotatable bonds is 4. The van der Waals surface area contributed by atoms with Crippen LogP contribution in [0.3, 0.4) is 0 Å². The molecule has 0 aliphatic carbocycles. The van der Waals surface area contributed by atoms with Crippen LogP contribution in [0.1, 0.15) is 0 Å². The Hall–Kier alpha value is -1.14. The van der Waals surface area contributed by atoms with Crippen molar-refractivity contribution >= 4 is 11.9 Å². The lowest BCUT2D eigenvalue weighted by atomic mass is 10.4. The van der Waals surface area contributed by atoms with E-state index >= 15 is 0 Å². The van der Waals surface area contributed by atoms with E-state index < -0.39 is 12.2 Å². The molecule has 0 aromatic heterocycles. The monoisotopic (exact) mass is 187 g/mol. The summed E-state index contributed by atoms with van der Waals surface area (Å²) in [6.45, 7) is 1.12. The second-order valence-electron chi connectivity index (χ2n) is 2.84. The van der Waals surface area contributed by atoms with E-state index in [0.717, 1.165) is 0 Å². The van der Waals surface area contributed by atoms with Gasteiger partial charge in [0.15, 0.2) is 6.17 Å². The standard InChI is InChI=1S/C7H13N3O3/c1-10(3-4-13-2)5-6(11)9-7(12)8-5/h5H,3-4H2,1-2H3,(H2,8,9,11,12). The fraction of sp³-hybridized carbons (Fsp3) is 0.714. The number of hydrogen-bond acceptors (Lipinski definition) is 4. The van der Waals surface area contributed by atoms with E-state index in [1.54, 1.807) is 19.1 Å². The molecule has 1 aliphatic heterocycles. The van der Waals surface area contributed by atoms with Crippen molar-refractivity contribution in [2.75, 3.05) is 27.3 Å². The van der Waals surface area contributed by atoms with Crippen LogP contribution in [0.15, 0.2) is 0 Å². The zero-order chi connectivity index (χ0) is 9.84. The van der Waals surface area contributed by atoms with Gasteiger partial charge < -0.3 is 10.1 Å². The molecule has 1 rings (SSSR count). The number of hydrogen-bond donors (Lipinski definition) is 2. The highest BCUT2D eigenvalue weighted by atomic mass is 16.5. The average molecular weight is 187 g/mol. The van der Waals surface area contributed by atoms with Crippen LogP contribution in [0.2, 0.25) is 0 Å². The van der Waals surface area contributed by atoms with Crippen LogP contribution < -0.4 is 10.6 Å². The normalized spacial score (nSPS) is 21.9. The van der Waals surface area contributed by atoms with Gasteiger partial charge in [0, 0.05) is 13.7 Å². The molecular weight excluding hydrogens is 174 g/mol. The van der Waals surface area contributed by atoms with E-state index in [-0.39, 0.29) is 5.91 Å². The van der Waals surface area contributed by atoms with Crippen molar-refractivity contribution in [1.29, 1.82) is 0 Å². The number of nitrogens with zero attached hydrogens (tertiary/aromatic N) is 1. The van der Waals surface area contributed by atoms with Crippen molar-refractivity contribution in [3.8, 4) is 0 Å². The Morgan fingerprint density at radius 1 is 1.54 bits per heavy atom. The first kappa shape index (κ1) is 9.94. The number of urea groups is 1. The summed E-state index contributed by atoms with van der Waals surface area (Å²) in [5.74, 6) is -0.316. The molecule has 3 amide bonds. The summed E-state index contributed by atoms with van der Waals surface area (Å²) in [5, 5.41) is 4.64. The minimum absolute atomic E-state index is 0.316. The summed E-state index contributed by atoms with van der Waals surface area (Å²) in [6, 6.07) is -0.445. The molecule has 0 spiro atoms. The lowest BCUT2D eigenvalue weighted by molar-refractivity contribution is -0.123. The Morgan fingerprint density at radius 2 is 2.23 bits per heavy atom. The molecule has 74 valence electrons. The summed E-state index contributed by atoms with van der Waals surface area (Å²) in [6.07, 6.45) is -0.567. The molecule has 1 unspecified atom stereocenters. The number of likely N-dealkylation sites (N-methyl/N-ethyl adjacent to an activating group) is 1. The first-order valence-corrected chi connectivity index (χ1v) is 3.95. The predicted molar refractivity (Wildman–Crippen MR) is 45.0 cm³/mol. The molecule has 2 N–H and O–H groups in total. The van der Waals surface area contributed by atoms with E-state index in [4.69, 9.17) is 4.74 Å². The molecule has 1 atom stereocenters. The second kappa shape index (κ2) is 4.20. The summed E-state index contributed by atoms with van der Waals surface area (Å²) >= 11 is 0. The number of carbonyl (C=O) groups excluding carboxylic acids is 2. The van der Waals surface area contributed by atoms with E-state index in [0.29, 0.717) is 13.2 Å². The van der Waals surface area contributed by atoms with Crippen LogP contribution in [-0.4, -0.2) is 50.3 Å². The van der Waals surface area contributed by atoms with Gasteiger partial charge >= 0.3 is 6.03 Å². The van der Waals surface area contributed by atoms with Gasteiger partial charge in [-0.15, -0.1) is 0 Å². The molecule has 0 bridgehead atoms. The topological polar surface area (TPSA) is 70.7 Å². The molecular formula is C7H13N3O3. The summed E-state index contributed by atoms with van der Waals surface area (Å²) < 4.78 is 4.85. The minimum atomic E-state index is -0.567. The maximum atomic E-state index is 11.1. The quantitative estimate of drug-likeness (QED) is 0.538. The molecule has 6 nitrogen and oxygen atoms in total. The van der Waals surface area contributed by atoms with Gasteiger partial charge in [-0.3, -0.25) is 15.0 Å². The van der Waals surface area contributed by atoms with E-state index in [1.165, 1.54) is 0 Å². The first-order chi connectivity index (χ1) is 6.15. The Balaban J connectivity index is 2.42. The van der Waals surface area contributed by atoms with Gasteiger partial charge in [0.2, 0.25) is 0 Å². The Morgan fingerprint density at radius 3 is 2.69 bits per heavy atom. The van der Waals surface area contributed by atoms with E-state index in [2.05, 4.69) is 10.6 Å². The van der Waals surface area contributed by atoms with Gasteiger partial charge in [0.1, 0.15) is 0 Å². The lowest BCUT2D eigenvalue weighted by Crippen LogP contribution is -2.45. The molecule has 1 fully saturated rings. The zero-order valence-corrected chi connectivity index (χ0v) is 7.66. The largest absolute Gasteiger partial charge is 0.383 e. The molecule has 1 saturated heterocycles. The van der Waals surface area contributed by atoms with Crippen molar-refractivity contribution in [2.24, 2.45) is 0 Å². The van der Waals surface area contributed by atoms with Crippen molar-refractivity contribution in [3.05, 3.63) is 0 Å². The molecule has 13 heavy (non-hydrogen) atoms. The van der Waals surface area contributed by atoms with E-state index in [9.17, 15) is 9.59 Å². The van der Waals surface area contributed by atoms with Crippen LogP contribution in [0.5, 0.6) is 0 Å². The van der Waals surface area contributed by atoms with Gasteiger partial charge in [-0.05, 0) is 7.05 Å². The third kappa shape index (κ3) is 2.40. The van der Waals surface area contributed by atoms with Crippen molar-refractivity contribution in [3.63, 3.8) is 0 Å². The SMILES string of the molecule is COCCN(C)C1NC(=O)NC1=O. The number of amides is 3. The molecule has 0 saturated carbocycles. The smallest absolute Gasteiger partial charge is 0.323 e. The van der Waals surface area contributed by atoms with Crippen molar-refractivity contribution < 1.29 is 14.3 Å². The van der Waals surface area contributed by atoms with E-state index in [1.807, 2.05) is 0 Å². The molecule has 0 aromatic carbocycles. The Labute approximate surface area is 76.2 Å². The molecule has 6 heteroatoms. The fourth-order valence-corrected chi connectivity index (χ4v) is 1.08. The maximum Gasteiger partial charge on any atom is 0.323 e. The molecule has 0 radical (unpaired) electrons. The molecule has 1 heterocycles. The third-order valence-corrected chi connectivity index (χ3v) is 1.84. The highest BCUT2D eigenvalue weighted by Gasteiger charge is 2.32. The van der Waals surface area contributed by atoms with Crippen LogP contribution in [-0.2, 0) is 9.53 Å². The maximum absolute atomic E-state index is 11.1. The Kier molecular flexibility index (Phi) is 3.21. The average Bonchev–Trinajstić information content (AvgIpc) is 2.41. The molecule has 0 aromatic rings. The minimum Gasteiger partial charge on any atom is -0.383 e. The molecule has 1 aliphatic rings. The van der Waals surface area contributed by atoms with Crippen LogP contribution in [0, 0.1) is 0 Å². The van der Waals surface area contributed by atoms with Gasteiger partial charge in [0.25, 0.3) is 5.91 Å². The summed E-state index contributed by atoms with van der Waals surface area (Å²) in [4.78, 5) is 23.6. The van der Waals surface area contributed by atoms with Gasteiger partial charge in [0.05, 0.1) is 6.61 Å². The highest BCUT2D eigenvalue weighted by Crippen LogP contribution is 1.98. The number of nitrogens with one attached hydrogen (secondary N) is 2. The number of ether oxygens (including phenoxy) is 1. The third-order valence-electron chi connectivity index (χ3n) is 1.84.